The number of alkyl carbamates (subject to hydrolysis) is 1. The molecule has 0 bridgehead atoms. The van der Waals surface area contributed by atoms with Crippen LogP contribution < -0.4 is 5.32 Å². The molecule has 2 aromatic rings. The maximum Gasteiger partial charge on any atom is 0.492 e. The van der Waals surface area contributed by atoms with Gasteiger partial charge < -0.3 is 19.4 Å². The van der Waals surface area contributed by atoms with Crippen molar-refractivity contribution in [2.24, 2.45) is 0 Å². The molecule has 1 aliphatic heterocycles. The van der Waals surface area contributed by atoms with Gasteiger partial charge >= 0.3 is 13.2 Å². The van der Waals surface area contributed by atoms with Crippen LogP contribution in [0.3, 0.4) is 0 Å². The van der Waals surface area contributed by atoms with E-state index in [-0.39, 0.29) is 24.5 Å². The predicted molar refractivity (Wildman–Crippen MR) is 125 cm³/mol. The first-order valence-corrected chi connectivity index (χ1v) is 10.8. The smallest absolute Gasteiger partial charge is 0.445 e. The number of hydrogen-bond acceptors (Lipinski definition) is 5. The fraction of sp³-hybridized carbons (Fsp3) is 0.360. The molecule has 1 aliphatic rings. The van der Waals surface area contributed by atoms with Gasteiger partial charge in [-0.3, -0.25) is 4.79 Å². The van der Waals surface area contributed by atoms with E-state index < -0.39 is 30.2 Å². The molecule has 0 spiro atoms. The van der Waals surface area contributed by atoms with Gasteiger partial charge in [0.15, 0.2) is 5.78 Å². The molecule has 1 amide bonds. The average molecular weight is 453 g/mol. The van der Waals surface area contributed by atoms with Gasteiger partial charge in [-0.15, -0.1) is 0 Å². The molecule has 0 radical (unpaired) electrons. The Morgan fingerprint density at radius 2 is 1.70 bits per heavy atom. The lowest BCUT2D eigenvalue weighted by atomic mass is 9.77. The van der Waals surface area contributed by atoms with Crippen molar-refractivity contribution < 1.29 is 28.0 Å². The number of ether oxygens (including phenoxy) is 1. The standard InChI is InChI=1S/C25H29BFNO5/c1-17(29)21-14-19(11-12-22(21)27)13-20(26-32-24(2,3)25(4,5)33-26)15-28-23(30)31-16-18-9-7-6-8-10-18/h6-14H,15-16H2,1-5H3,(H,28,30). The molecule has 2 aromatic carbocycles. The monoisotopic (exact) mass is 453 g/mol. The summed E-state index contributed by atoms with van der Waals surface area (Å²) in [7, 11) is -0.741. The molecule has 0 aromatic heterocycles. The van der Waals surface area contributed by atoms with E-state index >= 15 is 0 Å². The summed E-state index contributed by atoms with van der Waals surface area (Å²) in [5, 5.41) is 2.72. The zero-order chi connectivity index (χ0) is 24.2. The highest BCUT2D eigenvalue weighted by molar-refractivity contribution is 6.56. The lowest BCUT2D eigenvalue weighted by Gasteiger charge is -2.32. The molecule has 1 N–H and O–H groups in total. The fourth-order valence-electron chi connectivity index (χ4n) is 3.26. The summed E-state index contributed by atoms with van der Waals surface area (Å²) in [6.45, 7) is 9.25. The molecule has 6 nitrogen and oxygen atoms in total. The van der Waals surface area contributed by atoms with Crippen molar-refractivity contribution in [1.29, 1.82) is 0 Å². The van der Waals surface area contributed by atoms with Crippen LogP contribution in [0.1, 0.15) is 56.1 Å². The van der Waals surface area contributed by atoms with E-state index in [4.69, 9.17) is 14.0 Å². The van der Waals surface area contributed by atoms with E-state index in [1.165, 1.54) is 19.1 Å². The Kier molecular flexibility index (Phi) is 7.39. The number of carbonyl (C=O) groups excluding carboxylic acids is 2. The second-order valence-corrected chi connectivity index (χ2v) is 9.02. The molecule has 0 saturated carbocycles. The highest BCUT2D eigenvalue weighted by Crippen LogP contribution is 2.38. The van der Waals surface area contributed by atoms with Crippen molar-refractivity contribution in [1.82, 2.24) is 5.32 Å². The number of ketones is 1. The van der Waals surface area contributed by atoms with Crippen LogP contribution in [0, 0.1) is 5.82 Å². The van der Waals surface area contributed by atoms with E-state index in [9.17, 15) is 14.0 Å². The minimum absolute atomic E-state index is 0.00718. The highest BCUT2D eigenvalue weighted by atomic mass is 19.1. The number of halogens is 1. The van der Waals surface area contributed by atoms with Gasteiger partial charge in [0.1, 0.15) is 12.4 Å². The van der Waals surface area contributed by atoms with Crippen molar-refractivity contribution in [2.75, 3.05) is 6.54 Å². The molecule has 3 rings (SSSR count). The maximum absolute atomic E-state index is 14.0. The number of carbonyl (C=O) groups is 2. The molecule has 174 valence electrons. The number of amides is 1. The Morgan fingerprint density at radius 3 is 2.30 bits per heavy atom. The summed E-state index contributed by atoms with van der Waals surface area (Å²) in [6, 6.07) is 13.6. The number of benzene rings is 2. The molecular formula is C25H29BFNO5. The Balaban J connectivity index is 1.79. The molecule has 33 heavy (non-hydrogen) atoms. The Morgan fingerprint density at radius 1 is 1.06 bits per heavy atom. The lowest BCUT2D eigenvalue weighted by Crippen LogP contribution is -2.41. The number of nitrogens with one attached hydrogen (secondary N) is 1. The quantitative estimate of drug-likeness (QED) is 0.474. The number of rotatable bonds is 7. The first kappa shape index (κ1) is 24.7. The largest absolute Gasteiger partial charge is 0.492 e. The van der Waals surface area contributed by atoms with Crippen LogP contribution in [0.4, 0.5) is 9.18 Å². The SMILES string of the molecule is CC(=O)c1cc(C=C(CNC(=O)OCc2ccccc2)B2OC(C)(C)C(C)(C)O2)ccc1F. The van der Waals surface area contributed by atoms with Gasteiger partial charge in [-0.25, -0.2) is 9.18 Å². The molecule has 0 atom stereocenters. The van der Waals surface area contributed by atoms with Crippen LogP contribution in [0.5, 0.6) is 0 Å². The Labute approximate surface area is 194 Å². The second kappa shape index (κ2) is 9.89. The molecule has 1 heterocycles. The summed E-state index contributed by atoms with van der Waals surface area (Å²) < 4.78 is 31.5. The summed E-state index contributed by atoms with van der Waals surface area (Å²) in [4.78, 5) is 24.0. The minimum Gasteiger partial charge on any atom is -0.445 e. The van der Waals surface area contributed by atoms with Crippen molar-refractivity contribution >= 4 is 25.1 Å². The predicted octanol–water partition coefficient (Wildman–Crippen LogP) is 4.97. The molecule has 1 saturated heterocycles. The van der Waals surface area contributed by atoms with Gasteiger partial charge in [-0.1, -0.05) is 42.5 Å². The molecule has 8 heteroatoms. The van der Waals surface area contributed by atoms with E-state index in [0.717, 1.165) is 5.56 Å². The van der Waals surface area contributed by atoms with E-state index in [1.807, 2.05) is 58.0 Å². The van der Waals surface area contributed by atoms with E-state index in [0.29, 0.717) is 11.0 Å². The molecule has 0 aliphatic carbocycles. The van der Waals surface area contributed by atoms with Crippen LogP contribution in [-0.2, 0) is 20.7 Å². The summed E-state index contributed by atoms with van der Waals surface area (Å²) in [5.74, 6) is -0.956. The summed E-state index contributed by atoms with van der Waals surface area (Å²) in [5.41, 5.74) is 0.886. The zero-order valence-electron chi connectivity index (χ0n) is 19.6. The van der Waals surface area contributed by atoms with Crippen LogP contribution in [0.2, 0.25) is 0 Å². The average Bonchev–Trinajstić information content (AvgIpc) is 2.98. The lowest BCUT2D eigenvalue weighted by molar-refractivity contribution is 0.00578. The van der Waals surface area contributed by atoms with Gasteiger partial charge in [0.2, 0.25) is 0 Å². The third-order valence-corrected chi connectivity index (χ3v) is 5.93. The van der Waals surface area contributed by atoms with Gasteiger partial charge in [-0.2, -0.15) is 0 Å². The molecule has 0 unspecified atom stereocenters. The second-order valence-electron chi connectivity index (χ2n) is 9.02. The topological polar surface area (TPSA) is 73.9 Å². The molecular weight excluding hydrogens is 424 g/mol. The Hall–Kier alpha value is -2.97. The maximum atomic E-state index is 14.0. The van der Waals surface area contributed by atoms with E-state index in [1.54, 1.807) is 12.1 Å². The highest BCUT2D eigenvalue weighted by Gasteiger charge is 2.52. The first-order valence-electron chi connectivity index (χ1n) is 10.8. The van der Waals surface area contributed by atoms with Crippen LogP contribution in [-0.4, -0.2) is 36.7 Å². The minimum atomic E-state index is -0.741. The van der Waals surface area contributed by atoms with Crippen molar-refractivity contribution in [2.45, 2.75) is 52.4 Å². The Bertz CT molecular complexity index is 1040. The first-order chi connectivity index (χ1) is 15.5. The van der Waals surface area contributed by atoms with Gasteiger partial charge in [0.25, 0.3) is 0 Å². The normalized spacial score (nSPS) is 17.0. The van der Waals surface area contributed by atoms with Crippen LogP contribution in [0.25, 0.3) is 6.08 Å². The third-order valence-electron chi connectivity index (χ3n) is 5.93. The number of hydrogen-bond donors (Lipinski definition) is 1. The van der Waals surface area contributed by atoms with Crippen LogP contribution in [0.15, 0.2) is 54.0 Å². The van der Waals surface area contributed by atoms with Crippen LogP contribution >= 0.6 is 0 Å². The number of Topliss-reactive ketones (excluding diaryl/α,β-unsaturated/α-hetero) is 1. The molecule has 1 fully saturated rings. The van der Waals surface area contributed by atoms with Gasteiger partial charge in [0, 0.05) is 6.54 Å². The van der Waals surface area contributed by atoms with Crippen molar-refractivity contribution in [3.05, 3.63) is 76.5 Å². The fourth-order valence-corrected chi connectivity index (χ4v) is 3.26. The van der Waals surface area contributed by atoms with Gasteiger partial charge in [0.05, 0.1) is 16.8 Å². The zero-order valence-corrected chi connectivity index (χ0v) is 19.6. The third kappa shape index (κ3) is 6.09. The summed E-state index contributed by atoms with van der Waals surface area (Å²) in [6.07, 6.45) is 1.13. The van der Waals surface area contributed by atoms with Crippen molar-refractivity contribution in [3.63, 3.8) is 0 Å². The van der Waals surface area contributed by atoms with Crippen molar-refractivity contribution in [3.8, 4) is 0 Å². The van der Waals surface area contributed by atoms with Gasteiger partial charge in [-0.05, 0) is 63.4 Å². The van der Waals surface area contributed by atoms with E-state index in [2.05, 4.69) is 5.32 Å². The summed E-state index contributed by atoms with van der Waals surface area (Å²) >= 11 is 0.